The summed E-state index contributed by atoms with van der Waals surface area (Å²) in [7, 11) is 4.31. The third-order valence-corrected chi connectivity index (χ3v) is 6.03. The molecule has 3 aliphatic rings. The molecule has 0 saturated carbocycles. The topological polar surface area (TPSA) is 8.17 Å². The molecule has 0 saturated heterocycles. The maximum atomic E-state index is 2.41. The smallest absolute Gasteiger partial charge is 0.0543 e. The number of benzene rings is 2. The summed E-state index contributed by atoms with van der Waals surface area (Å²) >= 11 is 0. The van der Waals surface area contributed by atoms with E-state index in [1.165, 1.54) is 33.0 Å². The molecular weight excluding hydrogens is 340 g/mol. The van der Waals surface area contributed by atoms with Crippen molar-refractivity contribution in [1.29, 1.82) is 0 Å². The minimum absolute atomic E-state index is 0.479. The zero-order valence-electron chi connectivity index (χ0n) is 16.3. The molecule has 6 rings (SSSR count). The summed E-state index contributed by atoms with van der Waals surface area (Å²) in [6, 6.07) is 18.0. The lowest BCUT2D eigenvalue weighted by Gasteiger charge is -2.24. The van der Waals surface area contributed by atoms with Crippen LogP contribution in [0, 0.1) is 0 Å². The highest BCUT2D eigenvalue weighted by atomic mass is 15.2. The zero-order valence-corrected chi connectivity index (χ0v) is 16.3. The molecule has 1 aromatic heterocycles. The van der Waals surface area contributed by atoms with Crippen molar-refractivity contribution in [3.05, 3.63) is 108 Å². The van der Waals surface area contributed by atoms with Gasteiger partial charge in [-0.1, -0.05) is 85.0 Å². The summed E-state index contributed by atoms with van der Waals surface area (Å²) in [4.78, 5) is 2.41. The van der Waals surface area contributed by atoms with Crippen LogP contribution in [0.1, 0.15) is 0 Å². The largest absolute Gasteiger partial charge is 0.344 e. The molecule has 2 nitrogen and oxygen atoms in total. The van der Waals surface area contributed by atoms with Gasteiger partial charge in [0.05, 0.1) is 12.1 Å². The fraction of sp³-hybridized carbons (Fsp3) is 0.154. The predicted octanol–water partition coefficient (Wildman–Crippen LogP) is 5.55. The lowest BCUT2D eigenvalue weighted by Crippen LogP contribution is -2.33. The normalized spacial score (nSPS) is 22.5. The van der Waals surface area contributed by atoms with Crippen molar-refractivity contribution in [3.63, 3.8) is 0 Å². The van der Waals surface area contributed by atoms with E-state index < -0.39 is 0 Å². The Hall–Kier alpha value is -3.10. The maximum absolute atomic E-state index is 2.41. The minimum atomic E-state index is 0.479. The summed E-state index contributed by atoms with van der Waals surface area (Å²) in [5.41, 5.74) is 5.52. The van der Waals surface area contributed by atoms with Gasteiger partial charge in [0.1, 0.15) is 0 Å². The van der Waals surface area contributed by atoms with E-state index in [2.05, 4.69) is 121 Å². The van der Waals surface area contributed by atoms with Crippen molar-refractivity contribution < 1.29 is 0 Å². The van der Waals surface area contributed by atoms with Crippen LogP contribution >= 0.6 is 0 Å². The van der Waals surface area contributed by atoms with Gasteiger partial charge >= 0.3 is 0 Å². The second-order valence-corrected chi connectivity index (χ2v) is 7.55. The molecule has 2 aliphatic carbocycles. The first-order valence-corrected chi connectivity index (χ1v) is 9.83. The molecule has 0 bridgehead atoms. The summed E-state index contributed by atoms with van der Waals surface area (Å²) in [5.74, 6) is 0. The van der Waals surface area contributed by atoms with Gasteiger partial charge in [0, 0.05) is 28.9 Å². The molecule has 2 heteroatoms. The zero-order chi connectivity index (χ0) is 19.1. The van der Waals surface area contributed by atoms with E-state index in [0.29, 0.717) is 12.1 Å². The molecule has 28 heavy (non-hydrogen) atoms. The number of hydrogen-bond donors (Lipinski definition) is 0. The number of para-hydroxylation sites is 2. The minimum Gasteiger partial charge on any atom is -0.344 e. The Morgan fingerprint density at radius 1 is 0.607 bits per heavy atom. The molecule has 0 fully saturated rings. The number of aromatic nitrogens is 1. The quantitative estimate of drug-likeness (QED) is 0.508. The Bertz CT molecular complexity index is 1110. The van der Waals surface area contributed by atoms with Crippen LogP contribution in [-0.4, -0.2) is 28.6 Å². The van der Waals surface area contributed by atoms with E-state index in [9.17, 15) is 0 Å². The highest BCUT2D eigenvalue weighted by molar-refractivity contribution is 6.07. The van der Waals surface area contributed by atoms with Crippen LogP contribution in [0.2, 0.25) is 0 Å². The van der Waals surface area contributed by atoms with Gasteiger partial charge in [0.2, 0.25) is 0 Å². The van der Waals surface area contributed by atoms with Crippen molar-refractivity contribution in [2.24, 2.45) is 7.05 Å². The fourth-order valence-electron chi connectivity index (χ4n) is 4.60. The molecular formula is C26H24N2. The van der Waals surface area contributed by atoms with E-state index >= 15 is 0 Å². The number of likely N-dealkylation sites (N-methyl/N-ethyl adjacent to an activating group) is 1. The standard InChI is InChI=1S/C13H13N.C13H11N/c2*1-14-12-8-4-2-6-10(12)11-7-3-5-9-13(11)14/h2-9,12-13H,1H3;2-9H,1H3. The van der Waals surface area contributed by atoms with Gasteiger partial charge in [-0.25, -0.2) is 0 Å². The van der Waals surface area contributed by atoms with Gasteiger partial charge in [0.25, 0.3) is 0 Å². The molecule has 2 aromatic carbocycles. The van der Waals surface area contributed by atoms with Crippen molar-refractivity contribution in [3.8, 4) is 0 Å². The average molecular weight is 364 g/mol. The maximum Gasteiger partial charge on any atom is 0.0543 e. The molecule has 138 valence electrons. The number of aryl methyl sites for hydroxylation is 1. The number of allylic oxidation sites excluding steroid dienone is 4. The second kappa shape index (κ2) is 6.81. The number of rotatable bonds is 0. The monoisotopic (exact) mass is 364 g/mol. The summed E-state index contributed by atoms with van der Waals surface area (Å²) in [5, 5.41) is 2.68. The lowest BCUT2D eigenvalue weighted by molar-refractivity contribution is 0.318. The molecule has 2 unspecified atom stereocenters. The molecule has 3 aromatic rings. The number of nitrogens with zero attached hydrogens (tertiary/aromatic N) is 2. The van der Waals surface area contributed by atoms with Crippen LogP contribution in [0.4, 0.5) is 0 Å². The fourth-order valence-corrected chi connectivity index (χ4v) is 4.60. The molecule has 2 heterocycles. The molecule has 0 spiro atoms. The van der Waals surface area contributed by atoms with Gasteiger partial charge in [-0.05, 0) is 30.3 Å². The van der Waals surface area contributed by atoms with Gasteiger partial charge in [-0.15, -0.1) is 0 Å². The van der Waals surface area contributed by atoms with Gasteiger partial charge in [-0.3, -0.25) is 4.90 Å². The van der Waals surface area contributed by atoms with Crippen molar-refractivity contribution in [2.45, 2.75) is 12.1 Å². The summed E-state index contributed by atoms with van der Waals surface area (Å²) < 4.78 is 2.24. The summed E-state index contributed by atoms with van der Waals surface area (Å²) in [6.07, 6.45) is 17.5. The van der Waals surface area contributed by atoms with Gasteiger partial charge in [0.15, 0.2) is 0 Å². The van der Waals surface area contributed by atoms with E-state index in [0.717, 1.165) is 0 Å². The molecule has 1 aliphatic heterocycles. The first-order valence-electron chi connectivity index (χ1n) is 9.83. The molecule has 2 atom stereocenters. The van der Waals surface area contributed by atoms with Crippen LogP contribution in [-0.2, 0) is 7.05 Å². The number of hydrogen-bond acceptors (Lipinski definition) is 1. The molecule has 0 amide bonds. The SMILES string of the molecule is CN1C2C=CC=CC2=C2C=CC=CC21.Cn1c2ccccc2c2ccccc21. The van der Waals surface area contributed by atoms with E-state index in [1.807, 2.05) is 0 Å². The van der Waals surface area contributed by atoms with Crippen LogP contribution in [0.5, 0.6) is 0 Å². The lowest BCUT2D eigenvalue weighted by atomic mass is 9.96. The third-order valence-electron chi connectivity index (χ3n) is 6.03. The van der Waals surface area contributed by atoms with E-state index in [4.69, 9.17) is 0 Å². The first-order chi connectivity index (χ1) is 13.8. The van der Waals surface area contributed by atoms with E-state index in [-0.39, 0.29) is 0 Å². The predicted molar refractivity (Wildman–Crippen MR) is 119 cm³/mol. The van der Waals surface area contributed by atoms with Crippen LogP contribution in [0.15, 0.2) is 108 Å². The Morgan fingerprint density at radius 2 is 1.07 bits per heavy atom. The Labute approximate surface area is 166 Å². The Morgan fingerprint density at radius 3 is 1.57 bits per heavy atom. The van der Waals surface area contributed by atoms with Crippen molar-refractivity contribution in [1.82, 2.24) is 9.47 Å². The summed E-state index contributed by atoms with van der Waals surface area (Å²) in [6.45, 7) is 0. The van der Waals surface area contributed by atoms with Crippen LogP contribution < -0.4 is 0 Å². The Kier molecular flexibility index (Phi) is 4.14. The van der Waals surface area contributed by atoms with Gasteiger partial charge in [-0.2, -0.15) is 0 Å². The van der Waals surface area contributed by atoms with Crippen molar-refractivity contribution in [2.75, 3.05) is 7.05 Å². The third kappa shape index (κ3) is 2.61. The molecule has 0 radical (unpaired) electrons. The highest BCUT2D eigenvalue weighted by Crippen LogP contribution is 2.35. The van der Waals surface area contributed by atoms with Gasteiger partial charge < -0.3 is 4.57 Å². The highest BCUT2D eigenvalue weighted by Gasteiger charge is 2.34. The first kappa shape index (κ1) is 17.0. The number of fused-ring (bicyclic) bond motifs is 5. The van der Waals surface area contributed by atoms with Crippen LogP contribution in [0.25, 0.3) is 21.8 Å². The second-order valence-electron chi connectivity index (χ2n) is 7.55. The Balaban J connectivity index is 0.000000122. The van der Waals surface area contributed by atoms with E-state index in [1.54, 1.807) is 0 Å². The molecule has 0 N–H and O–H groups in total. The van der Waals surface area contributed by atoms with Crippen molar-refractivity contribution >= 4 is 21.8 Å². The average Bonchev–Trinajstić information content (AvgIpc) is 3.22. The van der Waals surface area contributed by atoms with Crippen LogP contribution in [0.3, 0.4) is 0 Å².